The summed E-state index contributed by atoms with van der Waals surface area (Å²) >= 11 is 1.80. The molecule has 0 aliphatic carbocycles. The quantitative estimate of drug-likeness (QED) is 0.502. The van der Waals surface area contributed by atoms with E-state index in [1.54, 1.807) is 11.8 Å². The average Bonchev–Trinajstić information content (AvgIpc) is 2.53. The topological polar surface area (TPSA) is 22.1 Å². The Morgan fingerprint density at radius 2 is 1.81 bits per heavy atom. The van der Waals surface area contributed by atoms with Gasteiger partial charge in [0.15, 0.2) is 0 Å². The van der Waals surface area contributed by atoms with E-state index in [9.17, 15) is 0 Å². The molecule has 2 aromatic carbocycles. The maximum absolute atomic E-state index is 5.91. The third-order valence-corrected chi connectivity index (χ3v) is 4.15. The lowest BCUT2D eigenvalue weighted by atomic mass is 10.2. The van der Waals surface area contributed by atoms with Crippen molar-refractivity contribution in [1.82, 2.24) is 4.98 Å². The van der Waals surface area contributed by atoms with Crippen LogP contribution in [0, 0.1) is 6.92 Å². The number of aromatic nitrogens is 1. The Hall–Kier alpha value is -2.00. The number of hydrogen-bond acceptors (Lipinski definition) is 3. The van der Waals surface area contributed by atoms with Crippen molar-refractivity contribution >= 4 is 22.7 Å². The summed E-state index contributed by atoms with van der Waals surface area (Å²) in [5, 5.41) is 1.12. The van der Waals surface area contributed by atoms with Crippen LogP contribution < -0.4 is 4.74 Å². The number of fused-ring (bicyclic) bond motifs is 1. The van der Waals surface area contributed by atoms with Crippen molar-refractivity contribution < 1.29 is 4.74 Å². The maximum atomic E-state index is 5.91. The van der Waals surface area contributed by atoms with Gasteiger partial charge in [-0.1, -0.05) is 36.4 Å². The fraction of sp³-hybridized carbons (Fsp3) is 0.167. The number of benzene rings is 2. The lowest BCUT2D eigenvalue weighted by molar-refractivity contribution is 0.347. The molecule has 1 heterocycles. The lowest BCUT2D eigenvalue weighted by Gasteiger charge is -2.09. The molecule has 0 saturated carbocycles. The zero-order chi connectivity index (χ0) is 14.5. The Balaban J connectivity index is 1.64. The van der Waals surface area contributed by atoms with E-state index in [1.807, 2.05) is 31.2 Å². The van der Waals surface area contributed by atoms with Crippen LogP contribution in [0.15, 0.2) is 65.6 Å². The largest absolute Gasteiger partial charge is 0.490 e. The first-order valence-electron chi connectivity index (χ1n) is 7.00. The third-order valence-electron chi connectivity index (χ3n) is 3.18. The van der Waals surface area contributed by atoms with Crippen LogP contribution in [0.3, 0.4) is 0 Å². The second kappa shape index (κ2) is 6.64. The minimum Gasteiger partial charge on any atom is -0.490 e. The molecule has 0 unspecified atom stereocenters. The van der Waals surface area contributed by atoms with Gasteiger partial charge in [0.1, 0.15) is 11.3 Å². The van der Waals surface area contributed by atoms with Crippen LogP contribution in [-0.4, -0.2) is 17.3 Å². The van der Waals surface area contributed by atoms with Gasteiger partial charge < -0.3 is 4.74 Å². The molecule has 0 aliphatic heterocycles. The van der Waals surface area contributed by atoms with Crippen LogP contribution in [0.5, 0.6) is 5.75 Å². The average molecular weight is 295 g/mol. The summed E-state index contributed by atoms with van der Waals surface area (Å²) in [5.74, 6) is 1.79. The van der Waals surface area contributed by atoms with E-state index in [1.165, 1.54) is 4.90 Å². The minimum atomic E-state index is 0.675. The first-order valence-corrected chi connectivity index (χ1v) is 7.98. The highest BCUT2D eigenvalue weighted by atomic mass is 32.2. The van der Waals surface area contributed by atoms with Crippen LogP contribution in [0.4, 0.5) is 0 Å². The lowest BCUT2D eigenvalue weighted by Crippen LogP contribution is -2.01. The molecule has 0 amide bonds. The summed E-state index contributed by atoms with van der Waals surface area (Å²) in [5.41, 5.74) is 1.96. The number of para-hydroxylation sites is 1. The maximum Gasteiger partial charge on any atom is 0.145 e. The summed E-state index contributed by atoms with van der Waals surface area (Å²) < 4.78 is 5.91. The molecule has 0 fully saturated rings. The molecule has 3 heteroatoms. The highest BCUT2D eigenvalue weighted by molar-refractivity contribution is 7.99. The number of rotatable bonds is 5. The van der Waals surface area contributed by atoms with Gasteiger partial charge >= 0.3 is 0 Å². The molecule has 2 nitrogen and oxygen atoms in total. The smallest absolute Gasteiger partial charge is 0.145 e. The van der Waals surface area contributed by atoms with Crippen molar-refractivity contribution in [3.05, 3.63) is 66.4 Å². The van der Waals surface area contributed by atoms with E-state index >= 15 is 0 Å². The van der Waals surface area contributed by atoms with E-state index in [4.69, 9.17) is 4.74 Å². The normalized spacial score (nSPS) is 10.7. The molecular formula is C18H17NOS. The summed E-state index contributed by atoms with van der Waals surface area (Å²) in [6.45, 7) is 2.68. The molecule has 3 rings (SSSR count). The first-order chi connectivity index (χ1) is 10.3. The molecule has 0 saturated heterocycles. The number of pyridine rings is 1. The second-order valence-electron chi connectivity index (χ2n) is 4.79. The van der Waals surface area contributed by atoms with Gasteiger partial charge in [-0.2, -0.15) is 0 Å². The van der Waals surface area contributed by atoms with E-state index < -0.39 is 0 Å². The fourth-order valence-electron chi connectivity index (χ4n) is 2.16. The summed E-state index contributed by atoms with van der Waals surface area (Å²) in [6.07, 6.45) is 0. The zero-order valence-corrected chi connectivity index (χ0v) is 12.8. The van der Waals surface area contributed by atoms with Gasteiger partial charge in [0, 0.05) is 21.7 Å². The van der Waals surface area contributed by atoms with Crippen LogP contribution in [0.2, 0.25) is 0 Å². The molecule has 21 heavy (non-hydrogen) atoms. The van der Waals surface area contributed by atoms with Crippen molar-refractivity contribution in [2.75, 3.05) is 12.4 Å². The summed E-state index contributed by atoms with van der Waals surface area (Å²) in [7, 11) is 0. The molecule has 0 aliphatic rings. The molecule has 3 aromatic rings. The monoisotopic (exact) mass is 295 g/mol. The Morgan fingerprint density at radius 1 is 0.952 bits per heavy atom. The predicted molar refractivity (Wildman–Crippen MR) is 89.1 cm³/mol. The van der Waals surface area contributed by atoms with E-state index in [0.717, 1.165) is 28.1 Å². The number of ether oxygens (including phenoxy) is 1. The van der Waals surface area contributed by atoms with E-state index in [-0.39, 0.29) is 0 Å². The second-order valence-corrected chi connectivity index (χ2v) is 5.96. The molecule has 0 atom stereocenters. The first kappa shape index (κ1) is 14.0. The van der Waals surface area contributed by atoms with Crippen molar-refractivity contribution in [3.8, 4) is 5.75 Å². The number of aryl methyl sites for hydroxylation is 1. The molecular weight excluding hydrogens is 278 g/mol. The highest BCUT2D eigenvalue weighted by Gasteiger charge is 2.03. The Morgan fingerprint density at radius 3 is 2.67 bits per heavy atom. The van der Waals surface area contributed by atoms with Crippen molar-refractivity contribution in [1.29, 1.82) is 0 Å². The minimum absolute atomic E-state index is 0.675. The van der Waals surface area contributed by atoms with Gasteiger partial charge in [-0.3, -0.25) is 0 Å². The van der Waals surface area contributed by atoms with Crippen LogP contribution in [0.25, 0.3) is 10.9 Å². The Bertz CT molecular complexity index is 728. The molecule has 106 valence electrons. The Kier molecular flexibility index (Phi) is 4.41. The van der Waals surface area contributed by atoms with Gasteiger partial charge in [0.25, 0.3) is 0 Å². The van der Waals surface area contributed by atoms with Gasteiger partial charge in [-0.25, -0.2) is 4.98 Å². The zero-order valence-electron chi connectivity index (χ0n) is 12.0. The number of thioether (sulfide) groups is 1. The van der Waals surface area contributed by atoms with Crippen molar-refractivity contribution in [3.63, 3.8) is 0 Å². The van der Waals surface area contributed by atoms with Gasteiger partial charge in [0.05, 0.1) is 6.61 Å². The van der Waals surface area contributed by atoms with Crippen molar-refractivity contribution in [2.24, 2.45) is 0 Å². The predicted octanol–water partition coefficient (Wildman–Crippen LogP) is 4.71. The molecule has 0 N–H and O–H groups in total. The number of nitrogens with zero attached hydrogens (tertiary/aromatic N) is 1. The van der Waals surface area contributed by atoms with Crippen molar-refractivity contribution in [2.45, 2.75) is 11.8 Å². The van der Waals surface area contributed by atoms with E-state index in [2.05, 4.69) is 41.4 Å². The fourth-order valence-corrected chi connectivity index (χ4v) is 2.91. The van der Waals surface area contributed by atoms with Crippen LogP contribution >= 0.6 is 11.8 Å². The summed E-state index contributed by atoms with van der Waals surface area (Å²) in [4.78, 5) is 5.85. The molecule has 0 spiro atoms. The molecule has 1 aromatic heterocycles. The van der Waals surface area contributed by atoms with Gasteiger partial charge in [-0.05, 0) is 31.2 Å². The van der Waals surface area contributed by atoms with Gasteiger partial charge in [-0.15, -0.1) is 11.8 Å². The van der Waals surface area contributed by atoms with E-state index in [0.29, 0.717) is 6.61 Å². The highest BCUT2D eigenvalue weighted by Crippen LogP contribution is 2.24. The van der Waals surface area contributed by atoms with Crippen LogP contribution in [0.1, 0.15) is 5.69 Å². The Labute approximate surface area is 129 Å². The van der Waals surface area contributed by atoms with Gasteiger partial charge in [0.2, 0.25) is 0 Å². The molecule has 0 radical (unpaired) electrons. The molecule has 0 bridgehead atoms. The number of hydrogen-bond donors (Lipinski definition) is 0. The third kappa shape index (κ3) is 3.56. The standard InChI is InChI=1S/C18H17NOS/c1-14-10-11-15-6-5-9-17(18(15)19-14)20-12-13-21-16-7-3-2-4-8-16/h2-11H,12-13H2,1H3. The summed E-state index contributed by atoms with van der Waals surface area (Å²) in [6, 6.07) is 20.6. The van der Waals surface area contributed by atoms with Crippen LogP contribution in [-0.2, 0) is 0 Å². The SMILES string of the molecule is Cc1ccc2cccc(OCCSc3ccccc3)c2n1.